The molecule has 0 aliphatic carbocycles. The lowest BCUT2D eigenvalue weighted by atomic mass is 10.0. The van der Waals surface area contributed by atoms with Crippen LogP contribution in [0.15, 0.2) is 29.3 Å². The molecule has 1 aromatic carbocycles. The lowest BCUT2D eigenvalue weighted by molar-refractivity contribution is 0.145. The van der Waals surface area contributed by atoms with Crippen LogP contribution in [0.2, 0.25) is 0 Å². The second-order valence-corrected chi connectivity index (χ2v) is 5.82. The van der Waals surface area contributed by atoms with Gasteiger partial charge in [0, 0.05) is 33.4 Å². The highest BCUT2D eigenvalue weighted by atomic mass is 127. The van der Waals surface area contributed by atoms with Gasteiger partial charge in [-0.2, -0.15) is 0 Å². The third-order valence-corrected chi connectivity index (χ3v) is 3.73. The summed E-state index contributed by atoms with van der Waals surface area (Å²) in [6.07, 6.45) is 0.976. The molecule has 1 atom stereocenters. The van der Waals surface area contributed by atoms with Crippen LogP contribution in [-0.4, -0.2) is 58.3 Å². The minimum atomic E-state index is 0. The summed E-state index contributed by atoms with van der Waals surface area (Å²) in [6.45, 7) is 7.34. The number of nitrogens with zero attached hydrogens (tertiary/aromatic N) is 2. The van der Waals surface area contributed by atoms with Gasteiger partial charge in [0.15, 0.2) is 5.96 Å². The molecule has 1 aromatic rings. The van der Waals surface area contributed by atoms with Gasteiger partial charge >= 0.3 is 0 Å². The highest BCUT2D eigenvalue weighted by Gasteiger charge is 2.14. The lowest BCUT2D eigenvalue weighted by Gasteiger charge is -2.26. The van der Waals surface area contributed by atoms with Crippen molar-refractivity contribution in [2.24, 2.45) is 4.99 Å². The number of hydrogen-bond donors (Lipinski definition) is 2. The number of likely N-dealkylation sites (N-methyl/N-ethyl adjacent to an activating group) is 1. The Morgan fingerprint density at radius 3 is 2.42 bits per heavy atom. The average molecular weight is 448 g/mol. The number of nitrogens with one attached hydrogen (secondary N) is 2. The fraction of sp³-hybridized carbons (Fsp3) is 0.611. The molecule has 0 fully saturated rings. The van der Waals surface area contributed by atoms with Crippen molar-refractivity contribution < 1.29 is 4.74 Å². The molecule has 1 rings (SSSR count). The first-order chi connectivity index (χ1) is 11.1. The fourth-order valence-electron chi connectivity index (χ4n) is 2.33. The molecule has 0 saturated heterocycles. The van der Waals surface area contributed by atoms with E-state index in [0.717, 1.165) is 38.7 Å². The van der Waals surface area contributed by atoms with E-state index >= 15 is 0 Å². The summed E-state index contributed by atoms with van der Waals surface area (Å²) >= 11 is 0. The Balaban J connectivity index is 0.00000529. The van der Waals surface area contributed by atoms with E-state index < -0.39 is 0 Å². The highest BCUT2D eigenvalue weighted by molar-refractivity contribution is 14.0. The van der Waals surface area contributed by atoms with E-state index in [4.69, 9.17) is 4.74 Å². The first-order valence-electron chi connectivity index (χ1n) is 8.33. The molecule has 1 unspecified atom stereocenters. The van der Waals surface area contributed by atoms with Crippen molar-refractivity contribution in [1.82, 2.24) is 15.5 Å². The predicted molar refractivity (Wildman–Crippen MR) is 113 cm³/mol. The molecular formula is C18H33IN4O. The third-order valence-electron chi connectivity index (χ3n) is 3.73. The summed E-state index contributed by atoms with van der Waals surface area (Å²) in [5.41, 5.74) is 2.59. The Kier molecular flexibility index (Phi) is 13.0. The van der Waals surface area contributed by atoms with Crippen LogP contribution < -0.4 is 10.6 Å². The summed E-state index contributed by atoms with van der Waals surface area (Å²) in [5.74, 6) is 0.834. The Morgan fingerprint density at radius 2 is 1.88 bits per heavy atom. The Hall–Kier alpha value is -0.860. The van der Waals surface area contributed by atoms with Crippen molar-refractivity contribution in [3.8, 4) is 0 Å². The van der Waals surface area contributed by atoms with Gasteiger partial charge in [0.1, 0.15) is 0 Å². The summed E-state index contributed by atoms with van der Waals surface area (Å²) in [5, 5.41) is 6.73. The minimum Gasteiger partial charge on any atom is -0.382 e. The zero-order chi connectivity index (χ0) is 17.1. The molecule has 5 nitrogen and oxygen atoms in total. The molecule has 0 saturated carbocycles. The van der Waals surface area contributed by atoms with Crippen molar-refractivity contribution in [2.75, 3.05) is 47.4 Å². The van der Waals surface area contributed by atoms with Crippen LogP contribution in [0.3, 0.4) is 0 Å². The van der Waals surface area contributed by atoms with Gasteiger partial charge in [0.25, 0.3) is 0 Å². The first kappa shape index (κ1) is 23.1. The number of aliphatic imine (C=N–C) groups is 1. The second kappa shape index (κ2) is 13.4. The fourth-order valence-corrected chi connectivity index (χ4v) is 2.33. The van der Waals surface area contributed by atoms with E-state index in [2.05, 4.69) is 65.8 Å². The molecule has 6 heteroatoms. The van der Waals surface area contributed by atoms with Crippen LogP contribution in [0.4, 0.5) is 0 Å². The van der Waals surface area contributed by atoms with E-state index in [-0.39, 0.29) is 24.0 Å². The number of aryl methyl sites for hydroxylation is 1. The van der Waals surface area contributed by atoms with Crippen LogP contribution in [0.1, 0.15) is 30.5 Å². The molecule has 0 spiro atoms. The van der Waals surface area contributed by atoms with E-state index in [1.807, 2.05) is 6.92 Å². The maximum absolute atomic E-state index is 5.34. The van der Waals surface area contributed by atoms with Crippen molar-refractivity contribution in [3.05, 3.63) is 35.4 Å². The van der Waals surface area contributed by atoms with Gasteiger partial charge in [-0.15, -0.1) is 24.0 Å². The van der Waals surface area contributed by atoms with Gasteiger partial charge in [-0.05, 0) is 39.9 Å². The Bertz CT molecular complexity index is 463. The third kappa shape index (κ3) is 8.84. The molecule has 0 aliphatic heterocycles. The van der Waals surface area contributed by atoms with Crippen LogP contribution >= 0.6 is 24.0 Å². The quantitative estimate of drug-likeness (QED) is 0.264. The van der Waals surface area contributed by atoms with Crippen LogP contribution in [0.25, 0.3) is 0 Å². The summed E-state index contributed by atoms with van der Waals surface area (Å²) in [6, 6.07) is 9.01. The summed E-state index contributed by atoms with van der Waals surface area (Å²) < 4.78 is 5.34. The zero-order valence-electron chi connectivity index (χ0n) is 15.6. The molecule has 0 heterocycles. The molecule has 0 radical (unpaired) electrons. The largest absolute Gasteiger partial charge is 0.382 e. The van der Waals surface area contributed by atoms with E-state index in [0.29, 0.717) is 6.04 Å². The minimum absolute atomic E-state index is 0. The number of halogens is 1. The van der Waals surface area contributed by atoms with Crippen molar-refractivity contribution >= 4 is 29.9 Å². The molecule has 0 bridgehead atoms. The zero-order valence-corrected chi connectivity index (χ0v) is 18.0. The molecule has 138 valence electrons. The molecular weight excluding hydrogens is 415 g/mol. The Morgan fingerprint density at radius 1 is 1.21 bits per heavy atom. The second-order valence-electron chi connectivity index (χ2n) is 5.82. The average Bonchev–Trinajstić information content (AvgIpc) is 2.54. The topological polar surface area (TPSA) is 48.9 Å². The van der Waals surface area contributed by atoms with Gasteiger partial charge < -0.3 is 20.3 Å². The maximum Gasteiger partial charge on any atom is 0.191 e. The molecule has 0 aliphatic rings. The lowest BCUT2D eigenvalue weighted by Crippen LogP contribution is -2.42. The number of rotatable bonds is 9. The van der Waals surface area contributed by atoms with Crippen molar-refractivity contribution in [1.29, 1.82) is 0 Å². The van der Waals surface area contributed by atoms with Crippen LogP contribution in [0.5, 0.6) is 0 Å². The van der Waals surface area contributed by atoms with Crippen molar-refractivity contribution in [3.63, 3.8) is 0 Å². The molecule has 0 aromatic heterocycles. The molecule has 2 N–H and O–H groups in total. The first-order valence-corrected chi connectivity index (χ1v) is 8.33. The van der Waals surface area contributed by atoms with E-state index in [9.17, 15) is 0 Å². The van der Waals surface area contributed by atoms with Gasteiger partial charge in [0.05, 0.1) is 6.04 Å². The van der Waals surface area contributed by atoms with Gasteiger partial charge in [-0.25, -0.2) is 0 Å². The normalized spacial score (nSPS) is 12.7. The maximum atomic E-state index is 5.34. The SMILES string of the molecule is CCOCCCNC(=NC)NCC(c1ccc(C)cc1)N(C)C.I. The number of benzene rings is 1. The van der Waals surface area contributed by atoms with Gasteiger partial charge in [0.2, 0.25) is 0 Å². The molecule has 24 heavy (non-hydrogen) atoms. The monoisotopic (exact) mass is 448 g/mol. The van der Waals surface area contributed by atoms with Crippen LogP contribution in [-0.2, 0) is 4.74 Å². The molecule has 0 amide bonds. The van der Waals surface area contributed by atoms with E-state index in [1.54, 1.807) is 7.05 Å². The number of guanidine groups is 1. The number of ether oxygens (including phenoxy) is 1. The highest BCUT2D eigenvalue weighted by Crippen LogP contribution is 2.17. The Labute approximate surface area is 164 Å². The standard InChI is InChI=1S/C18H32N4O.HI/c1-6-23-13-7-12-20-18(19-3)21-14-17(22(4)5)16-10-8-15(2)9-11-16;/h8-11,17H,6-7,12-14H2,1-5H3,(H2,19,20,21);1H. The summed E-state index contributed by atoms with van der Waals surface area (Å²) in [4.78, 5) is 6.50. The predicted octanol–water partition coefficient (Wildman–Crippen LogP) is 2.81. The number of hydrogen-bond acceptors (Lipinski definition) is 3. The van der Waals surface area contributed by atoms with Gasteiger partial charge in [-0.1, -0.05) is 29.8 Å². The summed E-state index contributed by atoms with van der Waals surface area (Å²) in [7, 11) is 6.00. The van der Waals surface area contributed by atoms with E-state index in [1.165, 1.54) is 11.1 Å². The van der Waals surface area contributed by atoms with Gasteiger partial charge in [-0.3, -0.25) is 4.99 Å². The smallest absolute Gasteiger partial charge is 0.191 e. The van der Waals surface area contributed by atoms with Crippen LogP contribution in [0, 0.1) is 6.92 Å². The van der Waals surface area contributed by atoms with Crippen molar-refractivity contribution in [2.45, 2.75) is 26.3 Å².